The van der Waals surface area contributed by atoms with Crippen molar-refractivity contribution in [3.63, 3.8) is 0 Å². The van der Waals surface area contributed by atoms with E-state index in [9.17, 15) is 9.18 Å². The third-order valence-corrected chi connectivity index (χ3v) is 4.88. The molecule has 4 nitrogen and oxygen atoms in total. The van der Waals surface area contributed by atoms with Gasteiger partial charge in [-0.05, 0) is 30.2 Å². The molecule has 1 atom stereocenters. The first kappa shape index (κ1) is 16.0. The molecule has 2 N–H and O–H groups in total. The molecule has 0 spiro atoms. The SMILES string of the molecule is Cc1cc(F)cc(C2(F)CCN(C(=O)c3csc(CN)n3)C2)c1. The van der Waals surface area contributed by atoms with Crippen molar-refractivity contribution in [1.82, 2.24) is 9.88 Å². The molecule has 1 aromatic carbocycles. The highest BCUT2D eigenvalue weighted by atomic mass is 32.1. The molecule has 0 radical (unpaired) electrons. The van der Waals surface area contributed by atoms with E-state index in [1.807, 2.05) is 0 Å². The molecule has 1 unspecified atom stereocenters. The van der Waals surface area contributed by atoms with Crippen LogP contribution in [-0.4, -0.2) is 28.9 Å². The molecule has 23 heavy (non-hydrogen) atoms. The number of carbonyl (C=O) groups is 1. The molecule has 1 aliphatic heterocycles. The van der Waals surface area contributed by atoms with Crippen molar-refractivity contribution in [3.05, 3.63) is 51.2 Å². The fraction of sp³-hybridized carbons (Fsp3) is 0.375. The highest BCUT2D eigenvalue weighted by Gasteiger charge is 2.42. The predicted molar refractivity (Wildman–Crippen MR) is 84.4 cm³/mol. The molecular formula is C16H17F2N3OS. The van der Waals surface area contributed by atoms with Crippen LogP contribution in [0.25, 0.3) is 0 Å². The van der Waals surface area contributed by atoms with E-state index < -0.39 is 11.5 Å². The average Bonchev–Trinajstić information content (AvgIpc) is 3.13. The van der Waals surface area contributed by atoms with E-state index in [0.717, 1.165) is 0 Å². The Labute approximate surface area is 136 Å². The van der Waals surface area contributed by atoms with Gasteiger partial charge in [0.1, 0.15) is 16.5 Å². The molecule has 0 aliphatic carbocycles. The lowest BCUT2D eigenvalue weighted by Gasteiger charge is -2.21. The molecule has 1 aliphatic rings. The summed E-state index contributed by atoms with van der Waals surface area (Å²) < 4.78 is 28.8. The number of rotatable bonds is 3. The van der Waals surface area contributed by atoms with Gasteiger partial charge in [0.05, 0.1) is 6.54 Å². The number of nitrogens with two attached hydrogens (primary N) is 1. The maximum atomic E-state index is 15.2. The van der Waals surface area contributed by atoms with E-state index in [1.165, 1.54) is 28.4 Å². The number of amides is 1. The summed E-state index contributed by atoms with van der Waals surface area (Å²) in [5.74, 6) is -0.775. The zero-order valence-electron chi connectivity index (χ0n) is 12.7. The largest absolute Gasteiger partial charge is 0.334 e. The van der Waals surface area contributed by atoms with Gasteiger partial charge in [-0.1, -0.05) is 6.07 Å². The third kappa shape index (κ3) is 3.11. The molecule has 122 valence electrons. The Kier molecular flexibility index (Phi) is 4.16. The number of halogens is 2. The van der Waals surface area contributed by atoms with E-state index in [0.29, 0.717) is 10.6 Å². The van der Waals surface area contributed by atoms with Crippen LogP contribution in [0.5, 0.6) is 0 Å². The van der Waals surface area contributed by atoms with E-state index in [-0.39, 0.29) is 43.2 Å². The Morgan fingerprint density at radius 2 is 2.26 bits per heavy atom. The van der Waals surface area contributed by atoms with E-state index in [4.69, 9.17) is 5.73 Å². The number of hydrogen-bond acceptors (Lipinski definition) is 4. The Hall–Kier alpha value is -1.86. The highest BCUT2D eigenvalue weighted by molar-refractivity contribution is 7.09. The number of hydrogen-bond donors (Lipinski definition) is 1. The van der Waals surface area contributed by atoms with Gasteiger partial charge >= 0.3 is 0 Å². The zero-order chi connectivity index (χ0) is 16.6. The number of benzene rings is 1. The van der Waals surface area contributed by atoms with Gasteiger partial charge in [-0.3, -0.25) is 4.79 Å². The Balaban J connectivity index is 1.80. The minimum Gasteiger partial charge on any atom is -0.334 e. The predicted octanol–water partition coefficient (Wildman–Crippen LogP) is 2.76. The van der Waals surface area contributed by atoms with Crippen molar-refractivity contribution >= 4 is 17.2 Å². The van der Waals surface area contributed by atoms with Crippen LogP contribution >= 0.6 is 11.3 Å². The summed E-state index contributed by atoms with van der Waals surface area (Å²) in [5, 5.41) is 2.30. The van der Waals surface area contributed by atoms with Gasteiger partial charge in [0, 0.05) is 24.9 Å². The second-order valence-electron chi connectivity index (χ2n) is 5.79. The number of thiazole rings is 1. The third-order valence-electron chi connectivity index (χ3n) is 4.01. The number of aryl methyl sites for hydroxylation is 1. The Morgan fingerprint density at radius 1 is 1.48 bits per heavy atom. The Morgan fingerprint density at radius 3 is 2.91 bits per heavy atom. The van der Waals surface area contributed by atoms with E-state index >= 15 is 4.39 Å². The normalized spacial score (nSPS) is 21.0. The van der Waals surface area contributed by atoms with Gasteiger partial charge in [-0.15, -0.1) is 11.3 Å². The van der Waals surface area contributed by atoms with E-state index in [1.54, 1.807) is 18.4 Å². The number of likely N-dealkylation sites (tertiary alicyclic amines) is 1. The summed E-state index contributed by atoms with van der Waals surface area (Å²) >= 11 is 1.31. The number of aromatic nitrogens is 1. The molecule has 2 heterocycles. The molecule has 1 amide bonds. The van der Waals surface area contributed by atoms with Gasteiger partial charge in [-0.25, -0.2) is 13.8 Å². The molecule has 0 bridgehead atoms. The monoisotopic (exact) mass is 337 g/mol. The standard InChI is InChI=1S/C16H17F2N3OS/c1-10-4-11(6-12(17)5-10)16(18)2-3-21(9-16)15(22)13-8-23-14(7-19)20-13/h4-6,8H,2-3,7,9,19H2,1H3. The lowest BCUT2D eigenvalue weighted by atomic mass is 9.93. The van der Waals surface area contributed by atoms with Gasteiger partial charge in [0.2, 0.25) is 0 Å². The van der Waals surface area contributed by atoms with Gasteiger partial charge in [-0.2, -0.15) is 0 Å². The smallest absolute Gasteiger partial charge is 0.273 e. The van der Waals surface area contributed by atoms with Gasteiger partial charge in [0.25, 0.3) is 5.91 Å². The lowest BCUT2D eigenvalue weighted by molar-refractivity contribution is 0.0745. The van der Waals surface area contributed by atoms with Crippen molar-refractivity contribution in [1.29, 1.82) is 0 Å². The van der Waals surface area contributed by atoms with Gasteiger partial charge in [0.15, 0.2) is 5.67 Å². The average molecular weight is 337 g/mol. The summed E-state index contributed by atoms with van der Waals surface area (Å²) in [6, 6.07) is 4.19. The summed E-state index contributed by atoms with van der Waals surface area (Å²) in [4.78, 5) is 18.0. The molecule has 0 saturated carbocycles. The second kappa shape index (κ2) is 5.98. The van der Waals surface area contributed by atoms with Crippen LogP contribution in [0.1, 0.15) is 33.0 Å². The first-order chi connectivity index (χ1) is 10.9. The van der Waals surface area contributed by atoms with Crippen molar-refractivity contribution in [2.45, 2.75) is 25.6 Å². The van der Waals surface area contributed by atoms with Crippen LogP contribution in [0.15, 0.2) is 23.6 Å². The van der Waals surface area contributed by atoms with Crippen LogP contribution < -0.4 is 5.73 Å². The Bertz CT molecular complexity index is 728. The fourth-order valence-corrected chi connectivity index (χ4v) is 3.49. The fourth-order valence-electron chi connectivity index (χ4n) is 2.84. The van der Waals surface area contributed by atoms with Crippen LogP contribution in [-0.2, 0) is 12.2 Å². The van der Waals surface area contributed by atoms with Crippen molar-refractivity contribution in [3.8, 4) is 0 Å². The first-order valence-electron chi connectivity index (χ1n) is 7.31. The minimum atomic E-state index is -1.73. The summed E-state index contributed by atoms with van der Waals surface area (Å²) in [6.07, 6.45) is 0.148. The number of nitrogens with zero attached hydrogens (tertiary/aromatic N) is 2. The minimum absolute atomic E-state index is 0.0930. The molecule has 1 fully saturated rings. The quantitative estimate of drug-likeness (QED) is 0.937. The van der Waals surface area contributed by atoms with Crippen LogP contribution in [0.3, 0.4) is 0 Å². The molecule has 3 rings (SSSR count). The molecule has 2 aromatic rings. The lowest BCUT2D eigenvalue weighted by Crippen LogP contribution is -2.32. The topological polar surface area (TPSA) is 59.2 Å². The van der Waals surface area contributed by atoms with Gasteiger partial charge < -0.3 is 10.6 Å². The molecule has 1 aromatic heterocycles. The zero-order valence-corrected chi connectivity index (χ0v) is 13.5. The maximum absolute atomic E-state index is 15.2. The van der Waals surface area contributed by atoms with Crippen molar-refractivity contribution < 1.29 is 13.6 Å². The number of alkyl halides is 1. The molecular weight excluding hydrogens is 320 g/mol. The van der Waals surface area contributed by atoms with Crippen LogP contribution in [0.2, 0.25) is 0 Å². The highest BCUT2D eigenvalue weighted by Crippen LogP contribution is 2.37. The second-order valence-corrected chi connectivity index (χ2v) is 6.73. The maximum Gasteiger partial charge on any atom is 0.273 e. The van der Waals surface area contributed by atoms with Crippen molar-refractivity contribution in [2.75, 3.05) is 13.1 Å². The van der Waals surface area contributed by atoms with Crippen LogP contribution in [0.4, 0.5) is 8.78 Å². The summed E-state index contributed by atoms with van der Waals surface area (Å²) in [6.45, 7) is 2.18. The summed E-state index contributed by atoms with van der Waals surface area (Å²) in [7, 11) is 0. The number of carbonyl (C=O) groups excluding carboxylic acids is 1. The van der Waals surface area contributed by atoms with Crippen molar-refractivity contribution in [2.24, 2.45) is 5.73 Å². The molecule has 1 saturated heterocycles. The summed E-state index contributed by atoms with van der Waals surface area (Å²) in [5.41, 5.74) is 5.00. The van der Waals surface area contributed by atoms with E-state index in [2.05, 4.69) is 4.98 Å². The first-order valence-corrected chi connectivity index (χ1v) is 8.19. The molecule has 7 heteroatoms. The van der Waals surface area contributed by atoms with Crippen LogP contribution in [0, 0.1) is 12.7 Å².